The number of hydrogen-bond acceptors (Lipinski definition) is 12. The van der Waals surface area contributed by atoms with Crippen LogP contribution in [0.5, 0.6) is 0 Å². The van der Waals surface area contributed by atoms with Crippen LogP contribution < -0.4 is 0 Å². The number of carbonyl (C=O) groups is 8. The molecule has 4 unspecified atom stereocenters. The number of nitrogens with zero attached hydrogens (tertiary/aromatic N) is 4. The van der Waals surface area contributed by atoms with Gasteiger partial charge in [-0.3, -0.25) is 48.3 Å². The maximum absolute atomic E-state index is 12.6. The molecule has 5 aliphatic rings. The lowest BCUT2D eigenvalue weighted by Crippen LogP contribution is -2.36. The fourth-order valence-electron chi connectivity index (χ4n) is 8.77. The molecule has 8 bridgehead atoms. The van der Waals surface area contributed by atoms with Crippen LogP contribution >= 0.6 is 0 Å². The molecule has 4 atom stereocenters. The van der Waals surface area contributed by atoms with Crippen molar-refractivity contribution in [2.24, 2.45) is 42.6 Å². The van der Waals surface area contributed by atoms with Crippen LogP contribution in [-0.4, -0.2) is 111 Å². The van der Waals surface area contributed by atoms with Crippen LogP contribution in [0.15, 0.2) is 89.4 Å². The third-order valence-electron chi connectivity index (χ3n) is 11.6. The molecule has 62 heavy (non-hydrogen) atoms. The van der Waals surface area contributed by atoms with Gasteiger partial charge < -0.3 is 40.9 Å². The molecule has 0 aromatic heterocycles. The summed E-state index contributed by atoms with van der Waals surface area (Å²) in [6.45, 7) is 3.07. The van der Waals surface area contributed by atoms with E-state index in [4.69, 9.17) is 20.0 Å². The summed E-state index contributed by atoms with van der Waals surface area (Å²) in [5.41, 5.74) is -2.57. The zero-order valence-corrected chi connectivity index (χ0v) is 33.6. The van der Waals surface area contributed by atoms with Crippen molar-refractivity contribution < 1.29 is 79.2 Å². The minimum absolute atomic E-state index is 0.0103. The van der Waals surface area contributed by atoms with Gasteiger partial charge in [0.05, 0.1) is 48.5 Å². The van der Waals surface area contributed by atoms with Crippen molar-refractivity contribution in [3.8, 4) is 0 Å². The van der Waals surface area contributed by atoms with Crippen LogP contribution in [-0.2, 0) is 38.4 Å². The van der Waals surface area contributed by atoms with Crippen LogP contribution in [0, 0.1) is 22.7 Å². The van der Waals surface area contributed by atoms with E-state index in [-0.39, 0.29) is 93.6 Å². The molecule has 0 saturated carbocycles. The van der Waals surface area contributed by atoms with E-state index in [1.807, 2.05) is 0 Å². The molecule has 0 saturated heterocycles. The average Bonchev–Trinajstić information content (AvgIpc) is 3.77. The molecule has 0 aromatic carbocycles. The van der Waals surface area contributed by atoms with Gasteiger partial charge in [-0.25, -0.2) is 9.98 Å². The molecular formula is C42H44N4O16. The first-order valence-electron chi connectivity index (χ1n) is 19.4. The zero-order valence-electron chi connectivity index (χ0n) is 33.6. The lowest BCUT2D eigenvalue weighted by atomic mass is 9.67. The van der Waals surface area contributed by atoms with Crippen LogP contribution in [0.3, 0.4) is 0 Å². The van der Waals surface area contributed by atoms with Crippen molar-refractivity contribution in [2.75, 3.05) is 0 Å². The van der Waals surface area contributed by atoms with Gasteiger partial charge in [-0.15, -0.1) is 0 Å². The molecule has 0 spiro atoms. The first kappa shape index (κ1) is 46.0. The van der Waals surface area contributed by atoms with Crippen molar-refractivity contribution in [2.45, 2.75) is 90.9 Å². The molecular weight excluding hydrogens is 816 g/mol. The summed E-state index contributed by atoms with van der Waals surface area (Å²) in [5.74, 6) is -12.2. The minimum Gasteiger partial charge on any atom is -0.481 e. The fraction of sp³-hybridized carbons (Fsp3) is 0.429. The SMILES string of the molecule is CC1(CC(=O)O)C2=NC(=CC3=NC(=CC4=NC(=CC5=NC(=C2)C(CCC(=O)O)=C5CC(=O)O)C(CCC(=O)O)=C4CC(=O)O)C(CCC(=O)O)C3(C)CC(=O)O)C1CCC(=O)O. The Morgan fingerprint density at radius 2 is 0.823 bits per heavy atom. The molecule has 0 aromatic rings. The topological polar surface area (TPSA) is 348 Å². The lowest BCUT2D eigenvalue weighted by Gasteiger charge is -2.33. The Hall–Kier alpha value is -7.12. The highest BCUT2D eigenvalue weighted by molar-refractivity contribution is 6.19. The van der Waals surface area contributed by atoms with Crippen molar-refractivity contribution >= 4 is 70.6 Å². The summed E-state index contributed by atoms with van der Waals surface area (Å²) < 4.78 is 0. The number of allylic oxidation sites excluding steroid dienone is 8. The van der Waals surface area contributed by atoms with E-state index in [9.17, 15) is 79.2 Å². The Morgan fingerprint density at radius 1 is 0.452 bits per heavy atom. The van der Waals surface area contributed by atoms with E-state index in [0.717, 1.165) is 0 Å². The predicted molar refractivity (Wildman–Crippen MR) is 216 cm³/mol. The number of carboxylic acids is 8. The third kappa shape index (κ3) is 10.1. The quantitative estimate of drug-likeness (QED) is 0.0832. The Balaban J connectivity index is 1.97. The summed E-state index contributed by atoms with van der Waals surface area (Å²) >= 11 is 0. The van der Waals surface area contributed by atoms with Crippen molar-refractivity contribution in [3.05, 3.63) is 69.4 Å². The second-order valence-corrected chi connectivity index (χ2v) is 16.0. The molecule has 0 aliphatic carbocycles. The second-order valence-electron chi connectivity index (χ2n) is 16.0. The fourth-order valence-corrected chi connectivity index (χ4v) is 8.77. The first-order valence-corrected chi connectivity index (χ1v) is 19.4. The predicted octanol–water partition coefficient (Wildman–Crippen LogP) is 4.55. The first-order chi connectivity index (χ1) is 29.0. The molecule has 8 N–H and O–H groups in total. The van der Waals surface area contributed by atoms with Gasteiger partial charge >= 0.3 is 47.8 Å². The second kappa shape index (κ2) is 18.2. The van der Waals surface area contributed by atoms with Gasteiger partial charge in [0, 0.05) is 71.2 Å². The van der Waals surface area contributed by atoms with E-state index < -0.39 is 122 Å². The van der Waals surface area contributed by atoms with Gasteiger partial charge in [0.2, 0.25) is 0 Å². The Bertz CT molecular complexity index is 2390. The average molecular weight is 861 g/mol. The van der Waals surface area contributed by atoms with E-state index in [1.54, 1.807) is 0 Å². The van der Waals surface area contributed by atoms with Crippen molar-refractivity contribution in [3.63, 3.8) is 0 Å². The molecule has 5 aliphatic heterocycles. The van der Waals surface area contributed by atoms with Gasteiger partial charge in [-0.05, 0) is 72.3 Å². The highest BCUT2D eigenvalue weighted by atomic mass is 16.4. The molecule has 20 heteroatoms. The molecule has 0 amide bonds. The van der Waals surface area contributed by atoms with Crippen molar-refractivity contribution in [1.82, 2.24) is 0 Å². The lowest BCUT2D eigenvalue weighted by molar-refractivity contribution is -0.140. The normalized spacial score (nSPS) is 24.0. The number of aliphatic carboxylic acids is 8. The summed E-state index contributed by atoms with van der Waals surface area (Å²) in [6.07, 6.45) is -0.0652. The van der Waals surface area contributed by atoms with E-state index >= 15 is 0 Å². The number of rotatable bonds is 20. The van der Waals surface area contributed by atoms with Gasteiger partial charge in [-0.2, -0.15) is 0 Å². The highest BCUT2D eigenvalue weighted by Crippen LogP contribution is 2.52. The number of hydrogen-bond donors (Lipinski definition) is 8. The van der Waals surface area contributed by atoms with Gasteiger partial charge in [0.15, 0.2) is 0 Å². The maximum Gasteiger partial charge on any atom is 0.307 e. The van der Waals surface area contributed by atoms with Gasteiger partial charge in [0.1, 0.15) is 0 Å². The molecule has 5 rings (SSSR count). The maximum atomic E-state index is 12.6. The summed E-state index contributed by atoms with van der Waals surface area (Å²) in [4.78, 5) is 117. The summed E-state index contributed by atoms with van der Waals surface area (Å²) in [7, 11) is 0. The minimum atomic E-state index is -1.51. The van der Waals surface area contributed by atoms with E-state index in [0.29, 0.717) is 0 Å². The standard InChI is InChI=1S/C42H44N4O16/c1-41(17-39(59)60)23(5-9-35(51)52)29-14-27-21(11-37(55)56)19(3-7-33(47)48)25(43-27)13-26-22(12-38(57)58)20(4-8-34(49)50)28(44-26)15-31-42(2,18-40(61)62)24(6-10-36(53)54)30(46-31)16-32(41)45-29/h13-16,23-24H,3-12,17-18H2,1-2H3,(H,47,48)(H,49,50)(H,51,52)(H,53,54)(H,55,56)(H,57,58)(H,59,60)(H,61,62). The molecule has 0 fully saturated rings. The Morgan fingerprint density at radius 3 is 1.21 bits per heavy atom. The van der Waals surface area contributed by atoms with E-state index in [1.165, 1.54) is 38.2 Å². The number of carboxylic acid groups (broad SMARTS) is 8. The Labute approximate surface area is 352 Å². The van der Waals surface area contributed by atoms with Gasteiger partial charge in [0.25, 0.3) is 0 Å². The van der Waals surface area contributed by atoms with Crippen LogP contribution in [0.25, 0.3) is 0 Å². The third-order valence-corrected chi connectivity index (χ3v) is 11.6. The molecule has 0 radical (unpaired) electrons. The molecule has 5 heterocycles. The van der Waals surface area contributed by atoms with Crippen LogP contribution in [0.1, 0.15) is 90.9 Å². The molecule has 328 valence electrons. The summed E-state index contributed by atoms with van der Waals surface area (Å²) in [6, 6.07) is 0. The van der Waals surface area contributed by atoms with E-state index in [2.05, 4.69) is 0 Å². The number of fused-ring (bicyclic) bond motifs is 4. The van der Waals surface area contributed by atoms with Gasteiger partial charge in [-0.1, -0.05) is 13.8 Å². The number of aliphatic imine (C=N–C) groups is 4. The largest absolute Gasteiger partial charge is 0.481 e. The smallest absolute Gasteiger partial charge is 0.307 e. The van der Waals surface area contributed by atoms with Crippen molar-refractivity contribution in [1.29, 1.82) is 0 Å². The molecule has 20 nitrogen and oxygen atoms in total. The zero-order chi connectivity index (χ0) is 45.8. The summed E-state index contributed by atoms with van der Waals surface area (Å²) in [5, 5.41) is 79.6. The highest BCUT2D eigenvalue weighted by Gasteiger charge is 2.51. The van der Waals surface area contributed by atoms with Crippen LogP contribution in [0.2, 0.25) is 0 Å². The monoisotopic (exact) mass is 860 g/mol. The Kier molecular flexibility index (Phi) is 13.5. The van der Waals surface area contributed by atoms with Crippen LogP contribution in [0.4, 0.5) is 0 Å².